The fraction of sp³-hybridized carbons (Fsp3) is 0.375. The highest BCUT2D eigenvalue weighted by molar-refractivity contribution is 5.97. The van der Waals surface area contributed by atoms with Crippen molar-refractivity contribution in [3.63, 3.8) is 0 Å². The number of ether oxygens (including phenoxy) is 1. The predicted octanol–water partition coefficient (Wildman–Crippen LogP) is 1.42. The second-order valence-corrected chi connectivity index (χ2v) is 5.76. The lowest BCUT2D eigenvalue weighted by molar-refractivity contribution is -0.385. The third kappa shape index (κ3) is 3.05. The molecule has 1 atom stereocenters. The Hall–Kier alpha value is -2.94. The number of rotatable bonds is 4. The number of hydrogen-bond acceptors (Lipinski definition) is 6. The first-order chi connectivity index (χ1) is 12.0. The SMILES string of the molecule is COc1ccccc1C1CNCCN1C(=O)c1n[nH]c(C)c1[N+](=O)[O-]. The third-order valence-corrected chi connectivity index (χ3v) is 4.30. The molecule has 2 N–H and O–H groups in total. The van der Waals surface area contributed by atoms with E-state index in [-0.39, 0.29) is 23.1 Å². The summed E-state index contributed by atoms with van der Waals surface area (Å²) < 4.78 is 5.40. The number of hydrogen-bond donors (Lipinski definition) is 2. The van der Waals surface area contributed by atoms with Crippen molar-refractivity contribution in [1.29, 1.82) is 0 Å². The Bertz CT molecular complexity index is 804. The van der Waals surface area contributed by atoms with Crippen LogP contribution in [0, 0.1) is 17.0 Å². The first-order valence-corrected chi connectivity index (χ1v) is 7.88. The lowest BCUT2D eigenvalue weighted by Gasteiger charge is -2.36. The number of nitrogens with one attached hydrogen (secondary N) is 2. The molecule has 0 spiro atoms. The molecular weight excluding hydrogens is 326 g/mol. The van der Waals surface area contributed by atoms with Crippen LogP contribution in [0.4, 0.5) is 5.69 Å². The number of aryl methyl sites for hydroxylation is 1. The van der Waals surface area contributed by atoms with E-state index in [1.807, 2.05) is 24.3 Å². The van der Waals surface area contributed by atoms with E-state index in [9.17, 15) is 14.9 Å². The number of methoxy groups -OCH3 is 1. The van der Waals surface area contributed by atoms with Crippen molar-refractivity contribution in [1.82, 2.24) is 20.4 Å². The molecule has 1 aromatic heterocycles. The number of carbonyl (C=O) groups excluding carboxylic acids is 1. The van der Waals surface area contributed by atoms with Gasteiger partial charge in [0.15, 0.2) is 0 Å². The van der Waals surface area contributed by atoms with Gasteiger partial charge in [0, 0.05) is 25.2 Å². The number of benzene rings is 1. The molecule has 2 heterocycles. The van der Waals surface area contributed by atoms with Crippen LogP contribution < -0.4 is 10.1 Å². The minimum atomic E-state index is -0.577. The Morgan fingerprint density at radius 3 is 2.92 bits per heavy atom. The molecule has 25 heavy (non-hydrogen) atoms. The lowest BCUT2D eigenvalue weighted by atomic mass is 10.0. The summed E-state index contributed by atoms with van der Waals surface area (Å²) in [5.41, 5.74) is 0.671. The summed E-state index contributed by atoms with van der Waals surface area (Å²) in [6.45, 7) is 3.08. The van der Waals surface area contributed by atoms with Crippen molar-refractivity contribution in [3.8, 4) is 5.75 Å². The average Bonchev–Trinajstić information content (AvgIpc) is 3.03. The number of nitro groups is 1. The van der Waals surface area contributed by atoms with Gasteiger partial charge in [0.2, 0.25) is 5.69 Å². The number of para-hydroxylation sites is 1. The zero-order valence-electron chi connectivity index (χ0n) is 14.0. The summed E-state index contributed by atoms with van der Waals surface area (Å²) in [6.07, 6.45) is 0. The summed E-state index contributed by atoms with van der Waals surface area (Å²) >= 11 is 0. The van der Waals surface area contributed by atoms with Gasteiger partial charge in [-0.05, 0) is 13.0 Å². The maximum atomic E-state index is 13.0. The van der Waals surface area contributed by atoms with Gasteiger partial charge in [0.1, 0.15) is 11.4 Å². The number of aromatic nitrogens is 2. The van der Waals surface area contributed by atoms with E-state index >= 15 is 0 Å². The van der Waals surface area contributed by atoms with E-state index in [1.165, 1.54) is 6.92 Å². The van der Waals surface area contributed by atoms with E-state index in [0.29, 0.717) is 25.4 Å². The molecular formula is C16H19N5O4. The molecule has 1 unspecified atom stereocenters. The molecule has 0 bridgehead atoms. The molecule has 1 amide bonds. The smallest absolute Gasteiger partial charge is 0.322 e. The quantitative estimate of drug-likeness (QED) is 0.640. The third-order valence-electron chi connectivity index (χ3n) is 4.30. The molecule has 3 rings (SSSR count). The van der Waals surface area contributed by atoms with Crippen molar-refractivity contribution in [2.75, 3.05) is 26.7 Å². The molecule has 132 valence electrons. The van der Waals surface area contributed by atoms with Gasteiger partial charge in [-0.15, -0.1) is 0 Å². The van der Waals surface area contributed by atoms with Gasteiger partial charge in [0.25, 0.3) is 5.91 Å². The summed E-state index contributed by atoms with van der Waals surface area (Å²) in [7, 11) is 1.57. The zero-order chi connectivity index (χ0) is 18.0. The van der Waals surface area contributed by atoms with Crippen LogP contribution >= 0.6 is 0 Å². The van der Waals surface area contributed by atoms with Crippen LogP contribution in [0.2, 0.25) is 0 Å². The van der Waals surface area contributed by atoms with Crippen LogP contribution in [0.5, 0.6) is 5.75 Å². The van der Waals surface area contributed by atoms with E-state index in [0.717, 1.165) is 5.56 Å². The van der Waals surface area contributed by atoms with Gasteiger partial charge in [-0.3, -0.25) is 20.0 Å². The standard InChI is InChI=1S/C16H19N5O4/c1-10-15(21(23)24)14(19-18-10)16(22)20-8-7-17-9-12(20)11-5-3-4-6-13(11)25-2/h3-6,12,17H,7-9H2,1-2H3,(H,18,19). The molecule has 9 nitrogen and oxygen atoms in total. The first-order valence-electron chi connectivity index (χ1n) is 7.88. The van der Waals surface area contributed by atoms with Crippen LogP contribution in [0.1, 0.15) is 27.8 Å². The largest absolute Gasteiger partial charge is 0.496 e. The Labute approximate surface area is 144 Å². The van der Waals surface area contributed by atoms with Gasteiger partial charge in [0.05, 0.1) is 18.1 Å². The number of H-pyrrole nitrogens is 1. The normalized spacial score (nSPS) is 17.4. The number of nitrogens with zero attached hydrogens (tertiary/aromatic N) is 3. The molecule has 1 aromatic carbocycles. The average molecular weight is 345 g/mol. The van der Waals surface area contributed by atoms with Gasteiger partial charge < -0.3 is 15.0 Å². The van der Waals surface area contributed by atoms with Gasteiger partial charge in [-0.1, -0.05) is 18.2 Å². The van der Waals surface area contributed by atoms with Crippen molar-refractivity contribution >= 4 is 11.6 Å². The lowest BCUT2D eigenvalue weighted by Crippen LogP contribution is -2.49. The highest BCUT2D eigenvalue weighted by atomic mass is 16.6. The topological polar surface area (TPSA) is 113 Å². The molecule has 1 saturated heterocycles. The van der Waals surface area contributed by atoms with E-state index in [1.54, 1.807) is 12.0 Å². The Balaban J connectivity index is 1.99. The monoisotopic (exact) mass is 345 g/mol. The highest BCUT2D eigenvalue weighted by Crippen LogP contribution is 2.32. The van der Waals surface area contributed by atoms with Crippen molar-refractivity contribution in [2.24, 2.45) is 0 Å². The molecule has 2 aromatic rings. The van der Waals surface area contributed by atoms with E-state index < -0.39 is 10.8 Å². The van der Waals surface area contributed by atoms with Crippen LogP contribution in [0.15, 0.2) is 24.3 Å². The van der Waals surface area contributed by atoms with Crippen molar-refractivity contribution in [2.45, 2.75) is 13.0 Å². The summed E-state index contributed by atoms with van der Waals surface area (Å²) in [6, 6.07) is 7.14. The molecule has 1 aliphatic rings. The van der Waals surface area contributed by atoms with Crippen LogP contribution in [0.25, 0.3) is 0 Å². The van der Waals surface area contributed by atoms with Crippen molar-refractivity contribution in [3.05, 3.63) is 51.3 Å². The summed E-state index contributed by atoms with van der Waals surface area (Å²) in [4.78, 5) is 25.3. The minimum Gasteiger partial charge on any atom is -0.496 e. The number of amides is 1. The predicted molar refractivity (Wildman–Crippen MR) is 89.6 cm³/mol. The number of aromatic amines is 1. The van der Waals surface area contributed by atoms with Crippen molar-refractivity contribution < 1.29 is 14.5 Å². The fourth-order valence-electron chi connectivity index (χ4n) is 3.10. The maximum absolute atomic E-state index is 13.0. The molecule has 0 radical (unpaired) electrons. The number of carbonyl (C=O) groups is 1. The minimum absolute atomic E-state index is 0.163. The molecule has 0 saturated carbocycles. The van der Waals surface area contributed by atoms with Gasteiger partial charge >= 0.3 is 5.69 Å². The molecule has 9 heteroatoms. The Kier molecular flexibility index (Phi) is 4.66. The molecule has 0 aliphatic carbocycles. The van der Waals surface area contributed by atoms with Crippen LogP contribution in [0.3, 0.4) is 0 Å². The van der Waals surface area contributed by atoms with Crippen LogP contribution in [-0.4, -0.2) is 52.7 Å². The van der Waals surface area contributed by atoms with Gasteiger partial charge in [-0.2, -0.15) is 5.10 Å². The maximum Gasteiger partial charge on any atom is 0.322 e. The Morgan fingerprint density at radius 2 is 2.20 bits per heavy atom. The Morgan fingerprint density at radius 1 is 1.44 bits per heavy atom. The highest BCUT2D eigenvalue weighted by Gasteiger charge is 2.36. The van der Waals surface area contributed by atoms with E-state index in [4.69, 9.17) is 4.74 Å². The fourth-order valence-corrected chi connectivity index (χ4v) is 3.10. The number of piperazine rings is 1. The molecule has 1 aliphatic heterocycles. The summed E-state index contributed by atoms with van der Waals surface area (Å²) in [5.74, 6) is 0.204. The van der Waals surface area contributed by atoms with E-state index in [2.05, 4.69) is 15.5 Å². The second kappa shape index (κ2) is 6.89. The summed E-state index contributed by atoms with van der Waals surface area (Å²) in [5, 5.41) is 20.9. The first kappa shape index (κ1) is 16.9. The zero-order valence-corrected chi connectivity index (χ0v) is 14.0. The van der Waals surface area contributed by atoms with Crippen LogP contribution in [-0.2, 0) is 0 Å². The van der Waals surface area contributed by atoms with Gasteiger partial charge in [-0.25, -0.2) is 0 Å². The molecule has 1 fully saturated rings. The second-order valence-electron chi connectivity index (χ2n) is 5.76.